The van der Waals surface area contributed by atoms with Gasteiger partial charge in [-0.2, -0.15) is 0 Å². The van der Waals surface area contributed by atoms with Gasteiger partial charge in [0.05, 0.1) is 24.9 Å². The number of ether oxygens (including phenoxy) is 2. The minimum atomic E-state index is 0.275. The molecule has 0 aromatic carbocycles. The molecule has 2 heteroatoms. The molecule has 0 amide bonds. The molecule has 0 heterocycles. The highest BCUT2D eigenvalue weighted by atomic mass is 16.5. The van der Waals surface area contributed by atoms with Gasteiger partial charge in [-0.3, -0.25) is 0 Å². The Labute approximate surface area is 89.0 Å². The summed E-state index contributed by atoms with van der Waals surface area (Å²) in [7, 11) is 0. The fraction of sp³-hybridized carbons (Fsp3) is 1.00. The lowest BCUT2D eigenvalue weighted by atomic mass is 10.1. The number of hydrogen-bond donors (Lipinski definition) is 0. The highest BCUT2D eigenvalue weighted by Crippen LogP contribution is 2.09. The molecule has 0 aliphatic heterocycles. The Hall–Kier alpha value is -0.0800. The van der Waals surface area contributed by atoms with Gasteiger partial charge in [0.2, 0.25) is 0 Å². The van der Waals surface area contributed by atoms with E-state index in [1.54, 1.807) is 0 Å². The third-order valence-electron chi connectivity index (χ3n) is 1.96. The molecule has 0 aromatic rings. The van der Waals surface area contributed by atoms with Crippen molar-refractivity contribution < 1.29 is 9.47 Å². The molecule has 0 radical (unpaired) electrons. The Balaban J connectivity index is 3.72. The Morgan fingerprint density at radius 2 is 1.64 bits per heavy atom. The molecular formula is C12H26O2. The first kappa shape index (κ1) is 13.9. The van der Waals surface area contributed by atoms with E-state index in [0.29, 0.717) is 12.2 Å². The van der Waals surface area contributed by atoms with E-state index in [2.05, 4.69) is 34.6 Å². The molecule has 0 rings (SSSR count). The molecular weight excluding hydrogens is 176 g/mol. The maximum absolute atomic E-state index is 5.78. The third kappa shape index (κ3) is 8.52. The van der Waals surface area contributed by atoms with E-state index in [1.165, 1.54) is 12.8 Å². The van der Waals surface area contributed by atoms with E-state index < -0.39 is 0 Å². The molecule has 1 unspecified atom stereocenters. The van der Waals surface area contributed by atoms with Gasteiger partial charge < -0.3 is 9.47 Å². The molecule has 0 aromatic heterocycles. The topological polar surface area (TPSA) is 18.5 Å². The summed E-state index contributed by atoms with van der Waals surface area (Å²) in [6.07, 6.45) is 4.43. The highest BCUT2D eigenvalue weighted by Gasteiger charge is 2.11. The molecule has 0 bridgehead atoms. The van der Waals surface area contributed by atoms with Crippen molar-refractivity contribution >= 4 is 0 Å². The van der Waals surface area contributed by atoms with Crippen molar-refractivity contribution in [3.63, 3.8) is 0 Å². The average Bonchev–Trinajstić information content (AvgIpc) is 2.09. The van der Waals surface area contributed by atoms with Crippen LogP contribution in [0.15, 0.2) is 0 Å². The maximum Gasteiger partial charge on any atom is 0.0812 e. The van der Waals surface area contributed by atoms with Gasteiger partial charge in [0.25, 0.3) is 0 Å². The van der Waals surface area contributed by atoms with E-state index in [-0.39, 0.29) is 6.10 Å². The van der Waals surface area contributed by atoms with Crippen LogP contribution in [0.1, 0.15) is 53.9 Å². The molecule has 86 valence electrons. The molecule has 0 spiro atoms. The van der Waals surface area contributed by atoms with Gasteiger partial charge in [0.15, 0.2) is 0 Å². The molecule has 0 saturated heterocycles. The monoisotopic (exact) mass is 202 g/mol. The van der Waals surface area contributed by atoms with Gasteiger partial charge in [-0.25, -0.2) is 0 Å². The van der Waals surface area contributed by atoms with Crippen LogP contribution in [-0.2, 0) is 9.47 Å². The van der Waals surface area contributed by atoms with Crippen LogP contribution in [-0.4, -0.2) is 24.9 Å². The fourth-order valence-corrected chi connectivity index (χ4v) is 1.31. The number of rotatable bonds is 8. The Morgan fingerprint density at radius 3 is 2.07 bits per heavy atom. The van der Waals surface area contributed by atoms with Crippen molar-refractivity contribution in [3.8, 4) is 0 Å². The van der Waals surface area contributed by atoms with Crippen molar-refractivity contribution in [1.29, 1.82) is 0 Å². The zero-order chi connectivity index (χ0) is 11.0. The predicted octanol–water partition coefficient (Wildman–Crippen LogP) is 3.40. The molecule has 0 saturated carbocycles. The SMILES string of the molecule is CCCCC(COC(C)C)OC(C)C. The zero-order valence-corrected chi connectivity index (χ0v) is 10.4. The van der Waals surface area contributed by atoms with E-state index in [1.807, 2.05) is 0 Å². The zero-order valence-electron chi connectivity index (χ0n) is 10.4. The Kier molecular flexibility index (Phi) is 8.20. The second kappa shape index (κ2) is 8.25. The van der Waals surface area contributed by atoms with Crippen LogP contribution in [0.25, 0.3) is 0 Å². The molecule has 2 nitrogen and oxygen atoms in total. The van der Waals surface area contributed by atoms with E-state index >= 15 is 0 Å². The summed E-state index contributed by atoms with van der Waals surface area (Å²) in [5.74, 6) is 0. The van der Waals surface area contributed by atoms with Crippen LogP contribution in [0.4, 0.5) is 0 Å². The minimum Gasteiger partial charge on any atom is -0.376 e. The predicted molar refractivity (Wildman–Crippen MR) is 60.6 cm³/mol. The first-order valence-corrected chi connectivity index (χ1v) is 5.83. The lowest BCUT2D eigenvalue weighted by molar-refractivity contribution is -0.0620. The first-order chi connectivity index (χ1) is 6.56. The van der Waals surface area contributed by atoms with Crippen LogP contribution in [0.5, 0.6) is 0 Å². The summed E-state index contributed by atoms with van der Waals surface area (Å²) >= 11 is 0. The molecule has 0 N–H and O–H groups in total. The van der Waals surface area contributed by atoms with Gasteiger partial charge in [-0.05, 0) is 34.1 Å². The molecule has 1 atom stereocenters. The van der Waals surface area contributed by atoms with Gasteiger partial charge in [-0.1, -0.05) is 19.8 Å². The standard InChI is InChI=1S/C12H26O2/c1-6-7-8-12(14-11(4)5)9-13-10(2)3/h10-12H,6-9H2,1-5H3. The largest absolute Gasteiger partial charge is 0.376 e. The van der Waals surface area contributed by atoms with Crippen molar-refractivity contribution in [2.24, 2.45) is 0 Å². The first-order valence-electron chi connectivity index (χ1n) is 5.83. The normalized spacial score (nSPS) is 13.9. The van der Waals surface area contributed by atoms with Crippen LogP contribution < -0.4 is 0 Å². The summed E-state index contributed by atoms with van der Waals surface area (Å²) in [6.45, 7) is 11.2. The Bertz CT molecular complexity index is 121. The van der Waals surface area contributed by atoms with Crippen molar-refractivity contribution in [2.75, 3.05) is 6.61 Å². The summed E-state index contributed by atoms with van der Waals surface area (Å²) in [5.41, 5.74) is 0. The minimum absolute atomic E-state index is 0.275. The van der Waals surface area contributed by atoms with Crippen LogP contribution in [0.3, 0.4) is 0 Å². The third-order valence-corrected chi connectivity index (χ3v) is 1.96. The summed E-state index contributed by atoms with van der Waals surface area (Å²) in [6, 6.07) is 0. The number of hydrogen-bond acceptors (Lipinski definition) is 2. The van der Waals surface area contributed by atoms with Crippen molar-refractivity contribution in [3.05, 3.63) is 0 Å². The lowest BCUT2D eigenvalue weighted by Crippen LogP contribution is -2.25. The maximum atomic E-state index is 5.78. The van der Waals surface area contributed by atoms with E-state index in [9.17, 15) is 0 Å². The van der Waals surface area contributed by atoms with Gasteiger partial charge in [0, 0.05) is 0 Å². The molecule has 0 aliphatic rings. The highest BCUT2D eigenvalue weighted by molar-refractivity contribution is 4.59. The quantitative estimate of drug-likeness (QED) is 0.600. The molecule has 0 aliphatic carbocycles. The van der Waals surface area contributed by atoms with Gasteiger partial charge >= 0.3 is 0 Å². The van der Waals surface area contributed by atoms with E-state index in [0.717, 1.165) is 13.0 Å². The fourth-order valence-electron chi connectivity index (χ4n) is 1.31. The second-order valence-corrected chi connectivity index (χ2v) is 4.33. The van der Waals surface area contributed by atoms with Gasteiger partial charge in [-0.15, -0.1) is 0 Å². The molecule has 14 heavy (non-hydrogen) atoms. The number of unbranched alkanes of at least 4 members (excludes halogenated alkanes) is 1. The van der Waals surface area contributed by atoms with Crippen molar-refractivity contribution in [1.82, 2.24) is 0 Å². The van der Waals surface area contributed by atoms with E-state index in [4.69, 9.17) is 9.47 Å². The summed E-state index contributed by atoms with van der Waals surface area (Å²) in [4.78, 5) is 0. The van der Waals surface area contributed by atoms with Gasteiger partial charge in [0.1, 0.15) is 0 Å². The molecule has 0 fully saturated rings. The summed E-state index contributed by atoms with van der Waals surface area (Å²) < 4.78 is 11.4. The van der Waals surface area contributed by atoms with Crippen molar-refractivity contribution in [2.45, 2.75) is 72.2 Å². The second-order valence-electron chi connectivity index (χ2n) is 4.33. The lowest BCUT2D eigenvalue weighted by Gasteiger charge is -2.21. The van der Waals surface area contributed by atoms with Crippen LogP contribution in [0.2, 0.25) is 0 Å². The summed E-state index contributed by atoms with van der Waals surface area (Å²) in [5, 5.41) is 0. The van der Waals surface area contributed by atoms with Crippen LogP contribution >= 0.6 is 0 Å². The smallest absolute Gasteiger partial charge is 0.0812 e. The Morgan fingerprint density at radius 1 is 1.00 bits per heavy atom. The average molecular weight is 202 g/mol. The van der Waals surface area contributed by atoms with Crippen LogP contribution in [0, 0.1) is 0 Å².